The quantitative estimate of drug-likeness (QED) is 0.661. The van der Waals surface area contributed by atoms with Gasteiger partial charge in [0.25, 0.3) is 0 Å². The maximum absolute atomic E-state index is 13.3. The molecule has 1 saturated heterocycles. The monoisotopic (exact) mass is 499 g/mol. The number of rotatable bonds is 6. The van der Waals surface area contributed by atoms with Crippen molar-refractivity contribution >= 4 is 27.5 Å². The van der Waals surface area contributed by atoms with E-state index >= 15 is 0 Å². The fourth-order valence-electron chi connectivity index (χ4n) is 5.07. The van der Waals surface area contributed by atoms with Crippen molar-refractivity contribution in [2.75, 3.05) is 18.0 Å². The van der Waals surface area contributed by atoms with Gasteiger partial charge in [-0.1, -0.05) is 12.1 Å². The molecule has 2 fully saturated rings. The van der Waals surface area contributed by atoms with Crippen molar-refractivity contribution in [2.45, 2.75) is 56.5 Å². The zero-order valence-electron chi connectivity index (χ0n) is 19.7. The van der Waals surface area contributed by atoms with Crippen molar-refractivity contribution in [1.82, 2.24) is 9.62 Å². The van der Waals surface area contributed by atoms with E-state index in [1.165, 1.54) is 16.4 Å². The first-order chi connectivity index (χ1) is 16.7. The molecule has 2 aliphatic heterocycles. The molecular formula is C26H30FN3O4S. The molecule has 1 aliphatic carbocycles. The molecule has 2 amide bonds. The van der Waals surface area contributed by atoms with Crippen LogP contribution in [0.25, 0.3) is 0 Å². The first-order valence-corrected chi connectivity index (χ1v) is 13.7. The molecule has 2 aromatic rings. The van der Waals surface area contributed by atoms with Crippen molar-refractivity contribution in [3.8, 4) is 0 Å². The number of carbonyl (C=O) groups is 2. The minimum Gasteiger partial charge on any atom is -0.352 e. The van der Waals surface area contributed by atoms with E-state index in [1.54, 1.807) is 30.3 Å². The number of nitrogens with zero attached hydrogens (tertiary/aromatic N) is 2. The van der Waals surface area contributed by atoms with Crippen molar-refractivity contribution < 1.29 is 22.4 Å². The molecule has 0 bridgehead atoms. The third kappa shape index (κ3) is 4.84. The number of piperidine rings is 1. The van der Waals surface area contributed by atoms with E-state index in [2.05, 4.69) is 5.32 Å². The summed E-state index contributed by atoms with van der Waals surface area (Å²) in [5.41, 5.74) is 2.52. The van der Waals surface area contributed by atoms with Gasteiger partial charge in [0.2, 0.25) is 21.8 Å². The van der Waals surface area contributed by atoms with Crippen molar-refractivity contribution in [3.63, 3.8) is 0 Å². The fourth-order valence-corrected chi connectivity index (χ4v) is 6.59. The Bertz CT molecular complexity index is 1240. The SMILES string of the molecule is C[C@H]1Cc2cc(S(=O)(=O)N3CCC(C(=O)NCc4ccc(F)cc4)CC3)ccc2N1C(=O)C1CC1. The number of anilines is 1. The molecule has 186 valence electrons. The zero-order chi connectivity index (χ0) is 24.7. The first kappa shape index (κ1) is 23.9. The van der Waals surface area contributed by atoms with Gasteiger partial charge in [0.05, 0.1) is 4.90 Å². The topological polar surface area (TPSA) is 86.8 Å². The Morgan fingerprint density at radius 2 is 1.69 bits per heavy atom. The predicted octanol–water partition coefficient (Wildman–Crippen LogP) is 3.23. The number of hydrogen-bond donors (Lipinski definition) is 1. The van der Waals surface area contributed by atoms with Crippen molar-refractivity contribution in [3.05, 3.63) is 59.4 Å². The Labute approximate surface area is 205 Å². The molecule has 0 aromatic heterocycles. The van der Waals surface area contributed by atoms with Crippen LogP contribution in [0.5, 0.6) is 0 Å². The minimum absolute atomic E-state index is 0.0280. The van der Waals surface area contributed by atoms with E-state index in [9.17, 15) is 22.4 Å². The van der Waals surface area contributed by atoms with Crippen LogP contribution in [0.1, 0.15) is 43.7 Å². The highest BCUT2D eigenvalue weighted by Gasteiger charge is 2.40. The second-order valence-electron chi connectivity index (χ2n) is 9.85. The van der Waals surface area contributed by atoms with Crippen molar-refractivity contribution in [2.24, 2.45) is 11.8 Å². The van der Waals surface area contributed by atoms with Gasteiger partial charge in [0.1, 0.15) is 5.82 Å². The van der Waals surface area contributed by atoms with Crippen LogP contribution < -0.4 is 10.2 Å². The third-order valence-electron chi connectivity index (χ3n) is 7.27. The molecule has 0 radical (unpaired) electrons. The standard InChI is InChI=1S/C26H30FN3O4S/c1-17-14-21-15-23(8-9-24(21)30(17)26(32)20-4-5-20)35(33,34)29-12-10-19(11-13-29)25(31)28-16-18-2-6-22(27)7-3-18/h2-3,6-9,15,17,19-20H,4-5,10-14,16H2,1H3,(H,28,31)/t17-/m0/s1. The molecule has 2 aromatic carbocycles. The molecule has 3 aliphatic rings. The summed E-state index contributed by atoms with van der Waals surface area (Å²) in [5.74, 6) is -0.439. The van der Waals surface area contributed by atoms with Crippen LogP contribution in [0, 0.1) is 17.7 Å². The Morgan fingerprint density at radius 3 is 2.34 bits per heavy atom. The molecule has 1 atom stereocenters. The lowest BCUT2D eigenvalue weighted by Crippen LogP contribution is -2.42. The summed E-state index contributed by atoms with van der Waals surface area (Å²) in [5, 5.41) is 2.87. The second kappa shape index (κ2) is 9.35. The van der Waals surface area contributed by atoms with E-state index in [0.717, 1.165) is 29.7 Å². The Hall–Kier alpha value is -2.78. The lowest BCUT2D eigenvalue weighted by molar-refractivity contribution is -0.126. The van der Waals surface area contributed by atoms with Gasteiger partial charge >= 0.3 is 0 Å². The number of sulfonamides is 1. The number of nitrogens with one attached hydrogen (secondary N) is 1. The van der Waals surface area contributed by atoms with Crippen molar-refractivity contribution in [1.29, 1.82) is 0 Å². The molecule has 1 saturated carbocycles. The van der Waals surface area contributed by atoms with Crippen LogP contribution in [0.4, 0.5) is 10.1 Å². The molecule has 9 heteroatoms. The van der Waals surface area contributed by atoms with Crippen LogP contribution in [0.2, 0.25) is 0 Å². The fraction of sp³-hybridized carbons (Fsp3) is 0.462. The van der Waals surface area contributed by atoms with Gasteiger partial charge in [0.15, 0.2) is 0 Å². The summed E-state index contributed by atoms with van der Waals surface area (Å²) in [7, 11) is -3.69. The Morgan fingerprint density at radius 1 is 1.00 bits per heavy atom. The van der Waals surface area contributed by atoms with E-state index in [0.29, 0.717) is 25.8 Å². The highest BCUT2D eigenvalue weighted by molar-refractivity contribution is 7.89. The number of fused-ring (bicyclic) bond motifs is 1. The molecule has 7 nitrogen and oxygen atoms in total. The lowest BCUT2D eigenvalue weighted by atomic mass is 9.97. The van der Waals surface area contributed by atoms with Gasteiger partial charge in [-0.3, -0.25) is 9.59 Å². The van der Waals surface area contributed by atoms with E-state index in [-0.39, 0.29) is 53.5 Å². The predicted molar refractivity (Wildman–Crippen MR) is 130 cm³/mol. The van der Waals surface area contributed by atoms with Crippen LogP contribution >= 0.6 is 0 Å². The Kier molecular flexibility index (Phi) is 6.40. The number of hydrogen-bond acceptors (Lipinski definition) is 4. The summed E-state index contributed by atoms with van der Waals surface area (Å²) >= 11 is 0. The maximum atomic E-state index is 13.3. The van der Waals surface area contributed by atoms with Crippen LogP contribution in [-0.2, 0) is 32.6 Å². The van der Waals surface area contributed by atoms with Crippen LogP contribution in [0.15, 0.2) is 47.4 Å². The van der Waals surface area contributed by atoms with Crippen LogP contribution in [0.3, 0.4) is 0 Å². The molecule has 2 heterocycles. The number of benzene rings is 2. The average molecular weight is 500 g/mol. The second-order valence-corrected chi connectivity index (χ2v) is 11.8. The highest BCUT2D eigenvalue weighted by atomic mass is 32.2. The summed E-state index contributed by atoms with van der Waals surface area (Å²) in [4.78, 5) is 27.3. The molecule has 35 heavy (non-hydrogen) atoms. The Balaban J connectivity index is 1.20. The number of halogens is 1. The van der Waals surface area contributed by atoms with Crippen LogP contribution in [-0.4, -0.2) is 43.7 Å². The lowest BCUT2D eigenvalue weighted by Gasteiger charge is -2.30. The van der Waals surface area contributed by atoms with Gasteiger partial charge in [-0.05, 0) is 80.5 Å². The average Bonchev–Trinajstić information content (AvgIpc) is 3.65. The summed E-state index contributed by atoms with van der Waals surface area (Å²) in [6.07, 6.45) is 3.40. The number of carbonyl (C=O) groups excluding carboxylic acids is 2. The van der Waals surface area contributed by atoms with Gasteiger partial charge in [-0.25, -0.2) is 12.8 Å². The smallest absolute Gasteiger partial charge is 0.243 e. The van der Waals surface area contributed by atoms with Gasteiger partial charge in [-0.2, -0.15) is 4.31 Å². The van der Waals surface area contributed by atoms with E-state index < -0.39 is 10.0 Å². The molecule has 5 rings (SSSR count). The summed E-state index contributed by atoms with van der Waals surface area (Å²) in [6.45, 7) is 2.86. The first-order valence-electron chi connectivity index (χ1n) is 12.2. The normalized spacial score (nSPS) is 21.1. The summed E-state index contributed by atoms with van der Waals surface area (Å²) < 4.78 is 41.1. The largest absolute Gasteiger partial charge is 0.352 e. The number of amides is 2. The third-order valence-corrected chi connectivity index (χ3v) is 9.17. The minimum atomic E-state index is -3.69. The highest BCUT2D eigenvalue weighted by Crippen LogP contribution is 2.40. The molecular weight excluding hydrogens is 469 g/mol. The summed E-state index contributed by atoms with van der Waals surface area (Å²) in [6, 6.07) is 11.1. The van der Waals surface area contributed by atoms with Gasteiger partial charge < -0.3 is 10.2 Å². The zero-order valence-corrected chi connectivity index (χ0v) is 20.6. The molecule has 1 N–H and O–H groups in total. The van der Waals surface area contributed by atoms with E-state index in [4.69, 9.17) is 0 Å². The van der Waals surface area contributed by atoms with Gasteiger partial charge in [0, 0.05) is 43.2 Å². The maximum Gasteiger partial charge on any atom is 0.243 e. The van der Waals surface area contributed by atoms with Gasteiger partial charge in [-0.15, -0.1) is 0 Å². The molecule has 0 unspecified atom stereocenters. The molecule has 0 spiro atoms. The van der Waals surface area contributed by atoms with E-state index in [1.807, 2.05) is 11.8 Å².